The average Bonchev–Trinajstić information content (AvgIpc) is 3.03. The van der Waals surface area contributed by atoms with Crippen LogP contribution >= 0.6 is 22.9 Å². The van der Waals surface area contributed by atoms with Crippen LogP contribution in [0.15, 0.2) is 29.6 Å². The minimum atomic E-state index is -0.824. The van der Waals surface area contributed by atoms with Crippen LogP contribution in [0.4, 0.5) is 0 Å². The Morgan fingerprint density at radius 3 is 3.08 bits per heavy atom. The molecule has 0 spiro atoms. The highest BCUT2D eigenvalue weighted by molar-refractivity contribution is 7.09. The molecular formula is C18H22ClN3O3S. The van der Waals surface area contributed by atoms with E-state index in [-0.39, 0.29) is 12.6 Å². The van der Waals surface area contributed by atoms with E-state index in [0.717, 1.165) is 35.9 Å². The van der Waals surface area contributed by atoms with Crippen LogP contribution < -0.4 is 0 Å². The Morgan fingerprint density at radius 1 is 1.50 bits per heavy atom. The van der Waals surface area contributed by atoms with Gasteiger partial charge in [-0.15, -0.1) is 11.3 Å². The fourth-order valence-corrected chi connectivity index (χ4v) is 4.11. The van der Waals surface area contributed by atoms with E-state index >= 15 is 0 Å². The quantitative estimate of drug-likeness (QED) is 0.777. The van der Waals surface area contributed by atoms with E-state index in [9.17, 15) is 4.79 Å². The zero-order valence-corrected chi connectivity index (χ0v) is 16.2. The second-order valence-electron chi connectivity index (χ2n) is 6.42. The number of carboxylic acid groups (broad SMARTS) is 1. The molecule has 1 N–H and O–H groups in total. The van der Waals surface area contributed by atoms with Gasteiger partial charge in [0.25, 0.3) is 0 Å². The monoisotopic (exact) mass is 395 g/mol. The maximum absolute atomic E-state index is 10.8. The van der Waals surface area contributed by atoms with Gasteiger partial charge in [0.2, 0.25) is 0 Å². The van der Waals surface area contributed by atoms with Crippen molar-refractivity contribution in [2.45, 2.75) is 12.6 Å². The summed E-state index contributed by atoms with van der Waals surface area (Å²) in [6, 6.07) is 7.72. The minimum absolute atomic E-state index is 0.0103. The lowest BCUT2D eigenvalue weighted by molar-refractivity contribution is -0.138. The Balaban J connectivity index is 1.57. The lowest BCUT2D eigenvalue weighted by Gasteiger charge is -2.34. The number of ether oxygens (including phenoxy) is 1. The molecule has 6 nitrogen and oxygen atoms in total. The van der Waals surface area contributed by atoms with Crippen molar-refractivity contribution < 1.29 is 14.6 Å². The summed E-state index contributed by atoms with van der Waals surface area (Å²) in [4.78, 5) is 19.6. The summed E-state index contributed by atoms with van der Waals surface area (Å²) < 4.78 is 5.78. The van der Waals surface area contributed by atoms with Gasteiger partial charge in [0.1, 0.15) is 5.01 Å². The molecule has 1 aromatic heterocycles. The molecule has 0 bridgehead atoms. The summed E-state index contributed by atoms with van der Waals surface area (Å²) in [5, 5.41) is 12.7. The van der Waals surface area contributed by atoms with E-state index in [0.29, 0.717) is 18.2 Å². The van der Waals surface area contributed by atoms with Crippen LogP contribution in [0.5, 0.6) is 0 Å². The standard InChI is InChI=1S/C18H22ClN3O3S/c1-21(11-18(23)24)8-13-9-22(6-7-25-13)10-17-20-16(12-26-17)14-4-2-3-5-15(14)19/h2-5,12-13H,6-11H2,1H3,(H,23,24). The van der Waals surface area contributed by atoms with E-state index in [1.165, 1.54) is 0 Å². The van der Waals surface area contributed by atoms with Crippen molar-refractivity contribution in [3.8, 4) is 11.3 Å². The highest BCUT2D eigenvalue weighted by atomic mass is 35.5. The maximum Gasteiger partial charge on any atom is 0.317 e. The van der Waals surface area contributed by atoms with Gasteiger partial charge in [-0.25, -0.2) is 4.98 Å². The molecule has 0 radical (unpaired) electrons. The van der Waals surface area contributed by atoms with Gasteiger partial charge in [0.05, 0.1) is 31.5 Å². The molecule has 1 atom stereocenters. The van der Waals surface area contributed by atoms with Crippen molar-refractivity contribution >= 4 is 28.9 Å². The molecule has 26 heavy (non-hydrogen) atoms. The molecule has 1 aliphatic heterocycles. The number of halogens is 1. The lowest BCUT2D eigenvalue weighted by atomic mass is 10.2. The number of hydrogen-bond donors (Lipinski definition) is 1. The first-order valence-corrected chi connectivity index (χ1v) is 9.70. The fourth-order valence-electron chi connectivity index (χ4n) is 3.05. The molecule has 2 heterocycles. The second kappa shape index (κ2) is 8.92. The van der Waals surface area contributed by atoms with E-state index in [2.05, 4.69) is 4.90 Å². The van der Waals surface area contributed by atoms with Gasteiger partial charge in [0.15, 0.2) is 0 Å². The number of aliphatic carboxylic acids is 1. The third kappa shape index (κ3) is 5.25. The highest BCUT2D eigenvalue weighted by Gasteiger charge is 2.23. The summed E-state index contributed by atoms with van der Waals surface area (Å²) in [5.41, 5.74) is 1.86. The largest absolute Gasteiger partial charge is 0.480 e. The molecule has 1 aromatic carbocycles. The van der Waals surface area contributed by atoms with E-state index < -0.39 is 5.97 Å². The van der Waals surface area contributed by atoms with Crippen LogP contribution in [0.2, 0.25) is 5.02 Å². The molecule has 8 heteroatoms. The van der Waals surface area contributed by atoms with Gasteiger partial charge in [-0.2, -0.15) is 0 Å². The molecule has 1 fully saturated rings. The van der Waals surface area contributed by atoms with Crippen molar-refractivity contribution in [3.63, 3.8) is 0 Å². The summed E-state index contributed by atoms with van der Waals surface area (Å²) in [6.45, 7) is 3.65. The summed E-state index contributed by atoms with van der Waals surface area (Å²) in [5.74, 6) is -0.824. The number of nitrogens with zero attached hydrogens (tertiary/aromatic N) is 3. The minimum Gasteiger partial charge on any atom is -0.480 e. The number of carbonyl (C=O) groups is 1. The fraction of sp³-hybridized carbons (Fsp3) is 0.444. The number of benzene rings is 1. The predicted octanol–water partition coefficient (Wildman–Crippen LogP) is 2.68. The first kappa shape index (κ1) is 19.3. The number of morpholine rings is 1. The Morgan fingerprint density at radius 2 is 2.31 bits per heavy atom. The van der Waals surface area contributed by atoms with Gasteiger partial charge in [-0.3, -0.25) is 14.6 Å². The number of thiazole rings is 1. The Labute approximate surface area is 162 Å². The molecule has 3 rings (SSSR count). The van der Waals surface area contributed by atoms with Gasteiger partial charge in [-0.05, 0) is 13.1 Å². The van der Waals surface area contributed by atoms with E-state index in [4.69, 9.17) is 26.4 Å². The van der Waals surface area contributed by atoms with Crippen LogP contribution in [0, 0.1) is 0 Å². The maximum atomic E-state index is 10.8. The van der Waals surface area contributed by atoms with Crippen molar-refractivity contribution in [1.82, 2.24) is 14.8 Å². The van der Waals surface area contributed by atoms with Gasteiger partial charge in [-0.1, -0.05) is 29.8 Å². The van der Waals surface area contributed by atoms with Gasteiger partial charge in [0, 0.05) is 35.6 Å². The summed E-state index contributed by atoms with van der Waals surface area (Å²) in [7, 11) is 1.80. The van der Waals surface area contributed by atoms with Crippen LogP contribution in [0.25, 0.3) is 11.3 Å². The molecule has 1 unspecified atom stereocenters. The molecule has 140 valence electrons. The number of rotatable bonds is 7. The zero-order valence-electron chi connectivity index (χ0n) is 14.6. The molecule has 1 saturated heterocycles. The topological polar surface area (TPSA) is 65.9 Å². The Hall–Kier alpha value is -1.51. The Bertz CT molecular complexity index is 755. The Kier molecular flexibility index (Phi) is 6.61. The van der Waals surface area contributed by atoms with Gasteiger partial charge >= 0.3 is 5.97 Å². The predicted molar refractivity (Wildman–Crippen MR) is 103 cm³/mol. The summed E-state index contributed by atoms with van der Waals surface area (Å²) >= 11 is 7.88. The van der Waals surface area contributed by atoms with Crippen molar-refractivity contribution in [2.24, 2.45) is 0 Å². The normalized spacial score (nSPS) is 18.3. The van der Waals surface area contributed by atoms with Crippen LogP contribution in [-0.4, -0.2) is 71.8 Å². The van der Waals surface area contributed by atoms with Gasteiger partial charge < -0.3 is 9.84 Å². The first-order chi connectivity index (χ1) is 12.5. The second-order valence-corrected chi connectivity index (χ2v) is 7.77. The first-order valence-electron chi connectivity index (χ1n) is 8.45. The van der Waals surface area contributed by atoms with Crippen molar-refractivity contribution in [3.05, 3.63) is 39.7 Å². The van der Waals surface area contributed by atoms with Crippen molar-refractivity contribution in [2.75, 3.05) is 39.8 Å². The van der Waals surface area contributed by atoms with Crippen molar-refractivity contribution in [1.29, 1.82) is 0 Å². The molecule has 0 saturated carbocycles. The van der Waals surface area contributed by atoms with Crippen LogP contribution in [0.1, 0.15) is 5.01 Å². The number of hydrogen-bond acceptors (Lipinski definition) is 6. The van der Waals surface area contributed by atoms with E-state index in [1.807, 2.05) is 29.6 Å². The van der Waals surface area contributed by atoms with Crippen LogP contribution in [0.3, 0.4) is 0 Å². The average molecular weight is 396 g/mol. The number of aromatic nitrogens is 1. The molecule has 2 aromatic rings. The zero-order chi connectivity index (χ0) is 18.5. The molecule has 1 aliphatic rings. The third-order valence-electron chi connectivity index (χ3n) is 4.20. The number of carboxylic acids is 1. The third-order valence-corrected chi connectivity index (χ3v) is 5.37. The smallest absolute Gasteiger partial charge is 0.317 e. The molecular weight excluding hydrogens is 374 g/mol. The molecule has 0 amide bonds. The number of likely N-dealkylation sites (N-methyl/N-ethyl adjacent to an activating group) is 1. The lowest BCUT2D eigenvalue weighted by Crippen LogP contribution is -2.47. The van der Waals surface area contributed by atoms with Crippen LogP contribution in [-0.2, 0) is 16.1 Å². The molecule has 0 aliphatic carbocycles. The van der Waals surface area contributed by atoms with E-state index in [1.54, 1.807) is 23.3 Å². The summed E-state index contributed by atoms with van der Waals surface area (Å²) in [6.07, 6.45) is 0.0103. The SMILES string of the molecule is CN(CC(=O)O)CC1CN(Cc2nc(-c3ccccc3Cl)cs2)CCO1. The highest BCUT2D eigenvalue weighted by Crippen LogP contribution is 2.29.